The zero-order valence-corrected chi connectivity index (χ0v) is 18.6. The van der Waals surface area contributed by atoms with E-state index < -0.39 is 19.9 Å². The van der Waals surface area contributed by atoms with Gasteiger partial charge in [-0.1, -0.05) is 13.8 Å². The third-order valence-corrected chi connectivity index (χ3v) is 9.28. The monoisotopic (exact) mass is 443 g/mol. The van der Waals surface area contributed by atoms with Gasteiger partial charge in [-0.25, -0.2) is 16.8 Å². The molecular formula is C19H29N3O5S2. The van der Waals surface area contributed by atoms with Crippen molar-refractivity contribution in [2.75, 3.05) is 55.7 Å². The molecule has 2 aliphatic heterocycles. The van der Waals surface area contributed by atoms with Gasteiger partial charge in [0.1, 0.15) is 0 Å². The molecule has 0 spiro atoms. The summed E-state index contributed by atoms with van der Waals surface area (Å²) in [5.41, 5.74) is 1.05. The topological polar surface area (TPSA) is 95.1 Å². The third-order valence-electron chi connectivity index (χ3n) is 5.62. The number of hydrogen-bond acceptors (Lipinski definition) is 6. The molecule has 0 saturated carbocycles. The highest BCUT2D eigenvalue weighted by molar-refractivity contribution is 7.91. The number of carbonyl (C=O) groups is 1. The number of anilines is 1. The molecule has 2 saturated heterocycles. The van der Waals surface area contributed by atoms with Crippen molar-refractivity contribution in [1.29, 1.82) is 0 Å². The standard InChI is InChI=1S/C19H29N3O5S2/c1-3-22(4-2)29(26,27)16-7-8-18(20-9-5-6-10-20)17(15-16)19(23)21-11-13-28(24,25)14-12-21/h7-8,15H,3-6,9-14H2,1-2H3. The van der Waals surface area contributed by atoms with E-state index in [2.05, 4.69) is 4.90 Å². The van der Waals surface area contributed by atoms with Crippen LogP contribution in [0.25, 0.3) is 0 Å². The minimum atomic E-state index is -3.70. The molecule has 1 amide bonds. The first-order valence-corrected chi connectivity index (χ1v) is 13.3. The number of carbonyl (C=O) groups excluding carboxylic acids is 1. The van der Waals surface area contributed by atoms with Crippen molar-refractivity contribution < 1.29 is 21.6 Å². The molecular weight excluding hydrogens is 414 g/mol. The van der Waals surface area contributed by atoms with Crippen LogP contribution in [0.5, 0.6) is 0 Å². The molecule has 0 radical (unpaired) electrons. The Bertz CT molecular complexity index is 952. The Labute approximate surface area is 173 Å². The summed E-state index contributed by atoms with van der Waals surface area (Å²) >= 11 is 0. The fourth-order valence-electron chi connectivity index (χ4n) is 3.88. The Kier molecular flexibility index (Phi) is 6.54. The molecule has 1 aromatic carbocycles. The predicted molar refractivity (Wildman–Crippen MR) is 113 cm³/mol. The van der Waals surface area contributed by atoms with E-state index in [0.717, 1.165) is 31.6 Å². The predicted octanol–water partition coefficient (Wildman–Crippen LogP) is 1.19. The van der Waals surface area contributed by atoms with E-state index in [4.69, 9.17) is 0 Å². The zero-order chi connectivity index (χ0) is 21.2. The Morgan fingerprint density at radius 3 is 2.17 bits per heavy atom. The minimum absolute atomic E-state index is 0.0603. The Morgan fingerprint density at radius 2 is 1.62 bits per heavy atom. The second-order valence-electron chi connectivity index (χ2n) is 7.41. The number of hydrogen-bond donors (Lipinski definition) is 0. The molecule has 0 bridgehead atoms. The summed E-state index contributed by atoms with van der Waals surface area (Å²) in [4.78, 5) is 17.0. The summed E-state index contributed by atoms with van der Waals surface area (Å²) in [6, 6.07) is 4.75. The molecule has 10 heteroatoms. The average Bonchev–Trinajstić information content (AvgIpc) is 3.22. The lowest BCUT2D eigenvalue weighted by molar-refractivity contribution is 0.0770. The number of rotatable bonds is 6. The quantitative estimate of drug-likeness (QED) is 0.655. The van der Waals surface area contributed by atoms with E-state index in [0.29, 0.717) is 18.7 Å². The number of sulfone groups is 1. The molecule has 2 heterocycles. The van der Waals surface area contributed by atoms with Crippen molar-refractivity contribution in [2.24, 2.45) is 0 Å². The van der Waals surface area contributed by atoms with Gasteiger partial charge in [0.25, 0.3) is 5.91 Å². The van der Waals surface area contributed by atoms with Crippen LogP contribution in [-0.2, 0) is 19.9 Å². The first-order chi connectivity index (χ1) is 13.7. The van der Waals surface area contributed by atoms with Crippen LogP contribution in [0.1, 0.15) is 37.0 Å². The molecule has 8 nitrogen and oxygen atoms in total. The van der Waals surface area contributed by atoms with E-state index >= 15 is 0 Å². The first-order valence-electron chi connectivity index (χ1n) is 10.1. The van der Waals surface area contributed by atoms with Crippen molar-refractivity contribution in [3.63, 3.8) is 0 Å². The number of sulfonamides is 1. The van der Waals surface area contributed by atoms with Crippen molar-refractivity contribution in [2.45, 2.75) is 31.6 Å². The van der Waals surface area contributed by atoms with E-state index in [1.807, 2.05) is 0 Å². The second-order valence-corrected chi connectivity index (χ2v) is 11.6. The molecule has 2 aliphatic rings. The molecule has 1 aromatic rings. The summed E-state index contributed by atoms with van der Waals surface area (Å²) in [6.45, 7) is 6.15. The smallest absolute Gasteiger partial charge is 0.256 e. The van der Waals surface area contributed by atoms with Crippen molar-refractivity contribution in [1.82, 2.24) is 9.21 Å². The van der Waals surface area contributed by atoms with Crippen molar-refractivity contribution in [3.8, 4) is 0 Å². The summed E-state index contributed by atoms with van der Waals surface area (Å²) in [6.07, 6.45) is 2.05. The maximum Gasteiger partial charge on any atom is 0.256 e. The highest BCUT2D eigenvalue weighted by atomic mass is 32.2. The number of amides is 1. The van der Waals surface area contributed by atoms with Gasteiger partial charge >= 0.3 is 0 Å². The Hall–Kier alpha value is -1.65. The largest absolute Gasteiger partial charge is 0.371 e. The van der Waals surface area contributed by atoms with Crippen LogP contribution in [0, 0.1) is 0 Å². The molecule has 0 atom stereocenters. The zero-order valence-electron chi connectivity index (χ0n) is 17.0. The lowest BCUT2D eigenvalue weighted by atomic mass is 10.1. The minimum Gasteiger partial charge on any atom is -0.371 e. The van der Waals surface area contributed by atoms with Gasteiger partial charge in [-0.3, -0.25) is 4.79 Å². The van der Waals surface area contributed by atoms with Crippen LogP contribution in [0.3, 0.4) is 0 Å². The Morgan fingerprint density at radius 1 is 1.03 bits per heavy atom. The molecule has 3 rings (SSSR count). The van der Waals surface area contributed by atoms with Gasteiger partial charge in [-0.15, -0.1) is 0 Å². The summed E-state index contributed by atoms with van der Waals surface area (Å²) < 4.78 is 50.8. The molecule has 0 unspecified atom stereocenters. The fraction of sp³-hybridized carbons (Fsp3) is 0.632. The summed E-state index contributed by atoms with van der Waals surface area (Å²) in [5.74, 6) is -0.428. The maximum atomic E-state index is 13.3. The molecule has 0 aliphatic carbocycles. The second kappa shape index (κ2) is 8.61. The highest BCUT2D eigenvalue weighted by Crippen LogP contribution is 2.30. The molecule has 162 valence electrons. The third kappa shape index (κ3) is 4.59. The maximum absolute atomic E-state index is 13.3. The normalized spacial score (nSPS) is 19.7. The van der Waals surface area contributed by atoms with Gasteiger partial charge in [0.05, 0.1) is 22.0 Å². The molecule has 0 aromatic heterocycles. The lowest BCUT2D eigenvalue weighted by Crippen LogP contribution is -2.44. The van der Waals surface area contributed by atoms with E-state index in [9.17, 15) is 21.6 Å². The van der Waals surface area contributed by atoms with Crippen LogP contribution < -0.4 is 4.90 Å². The van der Waals surface area contributed by atoms with Gasteiger partial charge in [0.2, 0.25) is 10.0 Å². The van der Waals surface area contributed by atoms with Gasteiger partial charge in [0, 0.05) is 45.0 Å². The average molecular weight is 444 g/mol. The first kappa shape index (κ1) is 22.0. The van der Waals surface area contributed by atoms with E-state index in [1.54, 1.807) is 26.0 Å². The van der Waals surface area contributed by atoms with Crippen LogP contribution in [0.15, 0.2) is 23.1 Å². The van der Waals surface area contributed by atoms with E-state index in [1.165, 1.54) is 15.3 Å². The van der Waals surface area contributed by atoms with Gasteiger partial charge in [0.15, 0.2) is 9.84 Å². The lowest BCUT2D eigenvalue weighted by Gasteiger charge is -2.29. The van der Waals surface area contributed by atoms with E-state index in [-0.39, 0.29) is 35.4 Å². The molecule has 0 N–H and O–H groups in total. The molecule has 29 heavy (non-hydrogen) atoms. The van der Waals surface area contributed by atoms with Crippen LogP contribution in [0.2, 0.25) is 0 Å². The summed E-state index contributed by atoms with van der Waals surface area (Å²) in [7, 11) is -6.81. The van der Waals surface area contributed by atoms with Crippen molar-refractivity contribution in [3.05, 3.63) is 23.8 Å². The SMILES string of the molecule is CCN(CC)S(=O)(=O)c1ccc(N2CCCC2)c(C(=O)N2CCS(=O)(=O)CC2)c1. The number of nitrogens with zero attached hydrogens (tertiary/aromatic N) is 3. The van der Waals surface area contributed by atoms with Gasteiger partial charge in [-0.05, 0) is 31.0 Å². The van der Waals surface area contributed by atoms with Crippen LogP contribution in [0.4, 0.5) is 5.69 Å². The fourth-order valence-corrected chi connectivity index (χ4v) is 6.57. The Balaban J connectivity index is 2.01. The molecule has 2 fully saturated rings. The van der Waals surface area contributed by atoms with Crippen molar-refractivity contribution >= 4 is 31.5 Å². The van der Waals surface area contributed by atoms with Gasteiger partial charge in [-0.2, -0.15) is 4.31 Å². The van der Waals surface area contributed by atoms with Gasteiger partial charge < -0.3 is 9.80 Å². The summed E-state index contributed by atoms with van der Waals surface area (Å²) in [5, 5.41) is 0. The highest BCUT2D eigenvalue weighted by Gasteiger charge is 2.31. The van der Waals surface area contributed by atoms with Crippen LogP contribution >= 0.6 is 0 Å². The van der Waals surface area contributed by atoms with Crippen LogP contribution in [-0.4, -0.2) is 82.7 Å². The number of benzene rings is 1.